The van der Waals surface area contributed by atoms with Gasteiger partial charge in [0.25, 0.3) is 0 Å². The lowest BCUT2D eigenvalue weighted by molar-refractivity contribution is -0.121. The molecule has 0 aliphatic heterocycles. The third-order valence-corrected chi connectivity index (χ3v) is 2.61. The molecule has 1 heterocycles. The van der Waals surface area contributed by atoms with Gasteiger partial charge in [-0.25, -0.2) is 4.98 Å². The number of aromatic nitrogens is 1. The molecule has 17 heavy (non-hydrogen) atoms. The Morgan fingerprint density at radius 1 is 1.41 bits per heavy atom. The van der Waals surface area contributed by atoms with E-state index >= 15 is 0 Å². The number of hydrogen-bond donors (Lipinski definition) is 1. The molecule has 1 aromatic heterocycles. The lowest BCUT2D eigenvalue weighted by Gasteiger charge is -2.11. The third kappa shape index (κ3) is 3.82. The Hall–Kier alpha value is -1.42. The van der Waals surface area contributed by atoms with Crippen molar-refractivity contribution < 1.29 is 9.53 Å². The molecule has 0 saturated carbocycles. The Morgan fingerprint density at radius 2 is 2.06 bits per heavy atom. The van der Waals surface area contributed by atoms with Crippen LogP contribution in [0.4, 0.5) is 0 Å². The second kappa shape index (κ2) is 5.77. The lowest BCUT2D eigenvalue weighted by Crippen LogP contribution is -2.13. The van der Waals surface area contributed by atoms with Crippen LogP contribution in [0.25, 0.3) is 0 Å². The Kier molecular flexibility index (Phi) is 4.63. The van der Waals surface area contributed by atoms with Gasteiger partial charge >= 0.3 is 0 Å². The van der Waals surface area contributed by atoms with Crippen molar-refractivity contribution in [3.05, 3.63) is 23.4 Å². The van der Waals surface area contributed by atoms with E-state index in [1.165, 1.54) is 0 Å². The first-order valence-corrected chi connectivity index (χ1v) is 5.77. The maximum absolute atomic E-state index is 11.7. The number of Topliss-reactive ketones (excluding diaryl/α,β-unsaturated/α-hetero) is 1. The quantitative estimate of drug-likeness (QED) is 0.847. The average Bonchev–Trinajstić information content (AvgIpc) is 2.28. The van der Waals surface area contributed by atoms with E-state index in [1.807, 2.05) is 26.8 Å². The van der Waals surface area contributed by atoms with Crippen LogP contribution in [-0.4, -0.2) is 17.9 Å². The van der Waals surface area contributed by atoms with E-state index in [2.05, 4.69) is 4.98 Å². The third-order valence-electron chi connectivity index (χ3n) is 2.61. The number of carbonyl (C=O) groups excluding carboxylic acids is 1. The minimum absolute atomic E-state index is 0.0155. The molecule has 0 amide bonds. The standard InChI is InChI=1S/C13H20N2O2/c1-8(2)12(16)7-11-5-10(9(3)14)6-13(15-11)17-4/h5-6,8-9H,7,14H2,1-4H3. The number of nitrogens with two attached hydrogens (primary N) is 1. The van der Waals surface area contributed by atoms with Crippen LogP contribution in [0, 0.1) is 5.92 Å². The zero-order chi connectivity index (χ0) is 13.0. The van der Waals surface area contributed by atoms with Crippen molar-refractivity contribution in [2.24, 2.45) is 11.7 Å². The van der Waals surface area contributed by atoms with Gasteiger partial charge in [-0.3, -0.25) is 4.79 Å². The number of carbonyl (C=O) groups is 1. The van der Waals surface area contributed by atoms with Gasteiger partial charge in [0.15, 0.2) is 0 Å². The number of rotatable bonds is 5. The first-order chi connectivity index (χ1) is 7.93. The molecule has 1 aromatic rings. The highest BCUT2D eigenvalue weighted by molar-refractivity contribution is 5.82. The van der Waals surface area contributed by atoms with Gasteiger partial charge in [-0.1, -0.05) is 13.8 Å². The second-order valence-corrected chi connectivity index (χ2v) is 4.52. The van der Waals surface area contributed by atoms with E-state index in [4.69, 9.17) is 10.5 Å². The molecule has 0 spiro atoms. The molecule has 0 aromatic carbocycles. The van der Waals surface area contributed by atoms with Crippen molar-refractivity contribution in [3.63, 3.8) is 0 Å². The minimum Gasteiger partial charge on any atom is -0.481 e. The van der Waals surface area contributed by atoms with Crippen molar-refractivity contribution in [3.8, 4) is 5.88 Å². The van der Waals surface area contributed by atoms with Crippen molar-refractivity contribution in [1.29, 1.82) is 0 Å². The number of hydrogen-bond acceptors (Lipinski definition) is 4. The van der Waals surface area contributed by atoms with Crippen molar-refractivity contribution in [1.82, 2.24) is 4.98 Å². The molecule has 0 aliphatic rings. The molecule has 0 saturated heterocycles. The van der Waals surface area contributed by atoms with Crippen LogP contribution in [0.5, 0.6) is 5.88 Å². The molecular weight excluding hydrogens is 216 g/mol. The Balaban J connectivity index is 2.99. The van der Waals surface area contributed by atoms with Crippen LogP contribution in [-0.2, 0) is 11.2 Å². The van der Waals surface area contributed by atoms with Crippen molar-refractivity contribution >= 4 is 5.78 Å². The fraction of sp³-hybridized carbons (Fsp3) is 0.538. The summed E-state index contributed by atoms with van der Waals surface area (Å²) in [4.78, 5) is 15.9. The molecule has 0 bridgehead atoms. The largest absolute Gasteiger partial charge is 0.481 e. The van der Waals surface area contributed by atoms with Crippen molar-refractivity contribution in [2.45, 2.75) is 33.2 Å². The molecule has 0 radical (unpaired) electrons. The maximum Gasteiger partial charge on any atom is 0.213 e. The SMILES string of the molecule is COc1cc(C(C)N)cc(CC(=O)C(C)C)n1. The van der Waals surface area contributed by atoms with E-state index in [0.29, 0.717) is 12.3 Å². The van der Waals surface area contributed by atoms with Crippen LogP contribution in [0.2, 0.25) is 0 Å². The summed E-state index contributed by atoms with van der Waals surface area (Å²) in [6.45, 7) is 5.66. The number of methoxy groups -OCH3 is 1. The summed E-state index contributed by atoms with van der Waals surface area (Å²) in [5.74, 6) is 0.689. The molecule has 0 aliphatic carbocycles. The Bertz CT molecular complexity index is 400. The zero-order valence-electron chi connectivity index (χ0n) is 10.9. The molecular formula is C13H20N2O2. The molecule has 4 heteroatoms. The number of ketones is 1. The minimum atomic E-state index is -0.0974. The van der Waals surface area contributed by atoms with Crippen LogP contribution in [0.1, 0.15) is 38.1 Å². The van der Waals surface area contributed by atoms with E-state index in [1.54, 1.807) is 13.2 Å². The first kappa shape index (κ1) is 13.6. The fourth-order valence-electron chi connectivity index (χ4n) is 1.42. The van der Waals surface area contributed by atoms with Crippen LogP contribution < -0.4 is 10.5 Å². The summed E-state index contributed by atoms with van der Waals surface area (Å²) < 4.78 is 5.11. The molecule has 94 valence electrons. The number of nitrogens with zero attached hydrogens (tertiary/aromatic N) is 1. The van der Waals surface area contributed by atoms with Crippen LogP contribution >= 0.6 is 0 Å². The van der Waals surface area contributed by atoms with Gasteiger partial charge in [-0.15, -0.1) is 0 Å². The Morgan fingerprint density at radius 3 is 2.53 bits per heavy atom. The topological polar surface area (TPSA) is 65.2 Å². The zero-order valence-corrected chi connectivity index (χ0v) is 10.9. The molecule has 4 nitrogen and oxygen atoms in total. The lowest BCUT2D eigenvalue weighted by atomic mass is 10.0. The second-order valence-electron chi connectivity index (χ2n) is 4.52. The number of ether oxygens (including phenoxy) is 1. The summed E-state index contributed by atoms with van der Waals surface area (Å²) in [5, 5.41) is 0. The molecule has 1 atom stereocenters. The van der Waals surface area contributed by atoms with Gasteiger partial charge in [-0.2, -0.15) is 0 Å². The van der Waals surface area contributed by atoms with Gasteiger partial charge in [0.1, 0.15) is 5.78 Å². The van der Waals surface area contributed by atoms with E-state index in [0.717, 1.165) is 11.3 Å². The average molecular weight is 236 g/mol. The van der Waals surface area contributed by atoms with Gasteiger partial charge in [0.2, 0.25) is 5.88 Å². The molecule has 1 unspecified atom stereocenters. The fourth-order valence-corrected chi connectivity index (χ4v) is 1.42. The van der Waals surface area contributed by atoms with Crippen LogP contribution in [0.15, 0.2) is 12.1 Å². The highest BCUT2D eigenvalue weighted by Gasteiger charge is 2.12. The summed E-state index contributed by atoms with van der Waals surface area (Å²) in [6, 6.07) is 3.57. The van der Waals surface area contributed by atoms with Crippen LogP contribution in [0.3, 0.4) is 0 Å². The monoisotopic (exact) mass is 236 g/mol. The highest BCUT2D eigenvalue weighted by atomic mass is 16.5. The predicted molar refractivity (Wildman–Crippen MR) is 66.9 cm³/mol. The molecule has 2 N–H and O–H groups in total. The van der Waals surface area contributed by atoms with Gasteiger partial charge < -0.3 is 10.5 Å². The van der Waals surface area contributed by atoms with E-state index in [-0.39, 0.29) is 17.7 Å². The van der Waals surface area contributed by atoms with E-state index < -0.39 is 0 Å². The highest BCUT2D eigenvalue weighted by Crippen LogP contribution is 2.18. The van der Waals surface area contributed by atoms with E-state index in [9.17, 15) is 4.79 Å². The van der Waals surface area contributed by atoms with Gasteiger partial charge in [0.05, 0.1) is 12.8 Å². The molecule has 1 rings (SSSR count). The summed E-state index contributed by atoms with van der Waals surface area (Å²) in [7, 11) is 1.56. The predicted octanol–water partition coefficient (Wildman–Crippen LogP) is 1.88. The number of pyridine rings is 1. The van der Waals surface area contributed by atoms with Gasteiger partial charge in [-0.05, 0) is 18.6 Å². The summed E-state index contributed by atoms with van der Waals surface area (Å²) >= 11 is 0. The van der Waals surface area contributed by atoms with Gasteiger partial charge in [0, 0.05) is 24.4 Å². The summed E-state index contributed by atoms with van der Waals surface area (Å²) in [5.41, 5.74) is 7.48. The molecule has 0 fully saturated rings. The summed E-state index contributed by atoms with van der Waals surface area (Å²) in [6.07, 6.45) is 0.328. The van der Waals surface area contributed by atoms with Crippen molar-refractivity contribution in [2.75, 3.05) is 7.11 Å². The smallest absolute Gasteiger partial charge is 0.213 e. The first-order valence-electron chi connectivity index (χ1n) is 5.77. The Labute approximate surface area is 102 Å². The normalized spacial score (nSPS) is 12.6. The maximum atomic E-state index is 11.7.